The Morgan fingerprint density at radius 2 is 2.38 bits per heavy atom. The summed E-state index contributed by atoms with van der Waals surface area (Å²) >= 11 is 5.06. The highest BCUT2D eigenvalue weighted by Crippen LogP contribution is 2.20. The van der Waals surface area contributed by atoms with Crippen molar-refractivity contribution in [2.75, 3.05) is 6.54 Å². The molecule has 0 radical (unpaired) electrons. The fourth-order valence-corrected chi connectivity index (χ4v) is 2.73. The van der Waals surface area contributed by atoms with Crippen molar-refractivity contribution in [1.82, 2.24) is 14.7 Å². The zero-order valence-electron chi connectivity index (χ0n) is 9.38. The van der Waals surface area contributed by atoms with Gasteiger partial charge in [0, 0.05) is 28.6 Å². The van der Waals surface area contributed by atoms with Crippen molar-refractivity contribution in [3.8, 4) is 0 Å². The van der Waals surface area contributed by atoms with E-state index in [1.807, 2.05) is 0 Å². The van der Waals surface area contributed by atoms with Gasteiger partial charge in [0.25, 0.3) is 0 Å². The van der Waals surface area contributed by atoms with Crippen LogP contribution in [0, 0.1) is 13.8 Å². The lowest BCUT2D eigenvalue weighted by molar-refractivity contribution is 0.727. The average molecular weight is 300 g/mol. The smallest absolute Gasteiger partial charge is 0.194 e. The van der Waals surface area contributed by atoms with E-state index in [0.717, 1.165) is 28.2 Å². The van der Waals surface area contributed by atoms with E-state index in [0.29, 0.717) is 0 Å². The number of aryl methyl sites for hydroxylation is 2. The number of nitrogens with zero attached hydrogens (tertiary/aromatic N) is 2. The number of hydrogen-bond acceptors (Lipinski definition) is 3. The molecule has 0 aliphatic heterocycles. The summed E-state index contributed by atoms with van der Waals surface area (Å²) in [4.78, 5) is 6.90. The third-order valence-corrected chi connectivity index (χ3v) is 3.53. The molecule has 16 heavy (non-hydrogen) atoms. The largest absolute Gasteiger partial charge is 0.307 e. The molecule has 0 saturated carbocycles. The molecule has 3 nitrogen and oxygen atoms in total. The first-order valence-electron chi connectivity index (χ1n) is 5.06. The Morgan fingerprint density at radius 1 is 1.62 bits per heavy atom. The van der Waals surface area contributed by atoms with E-state index in [1.165, 1.54) is 10.6 Å². The molecule has 2 rings (SSSR count). The first-order chi connectivity index (χ1) is 7.58. The van der Waals surface area contributed by atoms with Gasteiger partial charge in [-0.25, -0.2) is 4.98 Å². The van der Waals surface area contributed by atoms with Crippen molar-refractivity contribution in [3.05, 3.63) is 33.5 Å². The van der Waals surface area contributed by atoms with Crippen molar-refractivity contribution >= 4 is 32.2 Å². The summed E-state index contributed by atoms with van der Waals surface area (Å²) in [6, 6.07) is 0. The standard InChI is InChI=1S/C11H14BrN3S/c1-7(12)4-13-5-10-9(3)14-11-15(10)6-8(2)16-11/h6,13H,1,4-5H2,2-3H3. The van der Waals surface area contributed by atoms with Crippen LogP contribution in [0.25, 0.3) is 4.96 Å². The fraction of sp³-hybridized carbons (Fsp3) is 0.364. The summed E-state index contributed by atoms with van der Waals surface area (Å²) in [5.74, 6) is 0. The maximum absolute atomic E-state index is 4.54. The molecule has 0 aliphatic carbocycles. The molecular formula is C11H14BrN3S. The summed E-state index contributed by atoms with van der Waals surface area (Å²) in [5, 5.41) is 3.33. The topological polar surface area (TPSA) is 29.3 Å². The number of halogens is 1. The second-order valence-corrected chi connectivity index (χ2v) is 6.09. The van der Waals surface area contributed by atoms with Gasteiger partial charge in [-0.3, -0.25) is 4.40 Å². The molecule has 2 heterocycles. The molecule has 0 aromatic carbocycles. The Bertz CT molecular complexity index is 527. The molecule has 0 spiro atoms. The Labute approximate surface area is 107 Å². The molecule has 0 aliphatic rings. The molecule has 0 atom stereocenters. The predicted molar refractivity (Wildman–Crippen MR) is 72.3 cm³/mol. The van der Waals surface area contributed by atoms with Crippen LogP contribution in [0.3, 0.4) is 0 Å². The van der Waals surface area contributed by atoms with Gasteiger partial charge in [-0.1, -0.05) is 22.5 Å². The van der Waals surface area contributed by atoms with Gasteiger partial charge < -0.3 is 5.32 Å². The zero-order chi connectivity index (χ0) is 11.7. The van der Waals surface area contributed by atoms with E-state index in [2.05, 4.69) is 57.3 Å². The van der Waals surface area contributed by atoms with Crippen LogP contribution in [-0.4, -0.2) is 15.9 Å². The van der Waals surface area contributed by atoms with E-state index < -0.39 is 0 Å². The molecule has 1 N–H and O–H groups in total. The quantitative estimate of drug-likeness (QED) is 0.940. The van der Waals surface area contributed by atoms with Crippen LogP contribution in [0.4, 0.5) is 0 Å². The van der Waals surface area contributed by atoms with Gasteiger partial charge in [0.2, 0.25) is 0 Å². The number of thiazole rings is 1. The van der Waals surface area contributed by atoms with Crippen LogP contribution in [0.2, 0.25) is 0 Å². The van der Waals surface area contributed by atoms with Gasteiger partial charge >= 0.3 is 0 Å². The van der Waals surface area contributed by atoms with Crippen LogP contribution >= 0.6 is 27.3 Å². The molecule has 2 aromatic rings. The second kappa shape index (κ2) is 4.69. The molecule has 2 aromatic heterocycles. The molecule has 0 bridgehead atoms. The highest BCUT2D eigenvalue weighted by atomic mass is 79.9. The van der Waals surface area contributed by atoms with Crippen LogP contribution in [0.5, 0.6) is 0 Å². The maximum Gasteiger partial charge on any atom is 0.194 e. The van der Waals surface area contributed by atoms with E-state index in [-0.39, 0.29) is 0 Å². The molecule has 0 unspecified atom stereocenters. The lowest BCUT2D eigenvalue weighted by atomic mass is 10.3. The summed E-state index contributed by atoms with van der Waals surface area (Å²) in [7, 11) is 0. The van der Waals surface area contributed by atoms with Crippen LogP contribution in [0.15, 0.2) is 17.3 Å². The van der Waals surface area contributed by atoms with Crippen LogP contribution < -0.4 is 5.32 Å². The van der Waals surface area contributed by atoms with Crippen LogP contribution in [0.1, 0.15) is 16.3 Å². The highest BCUT2D eigenvalue weighted by molar-refractivity contribution is 9.11. The molecular weight excluding hydrogens is 286 g/mol. The first-order valence-corrected chi connectivity index (χ1v) is 6.67. The summed E-state index contributed by atoms with van der Waals surface area (Å²) in [6.07, 6.45) is 2.14. The summed E-state index contributed by atoms with van der Waals surface area (Å²) < 4.78 is 3.13. The lowest BCUT2D eigenvalue weighted by Gasteiger charge is -2.03. The van der Waals surface area contributed by atoms with Gasteiger partial charge in [0.15, 0.2) is 4.96 Å². The maximum atomic E-state index is 4.54. The zero-order valence-corrected chi connectivity index (χ0v) is 11.8. The van der Waals surface area contributed by atoms with E-state index in [9.17, 15) is 0 Å². The average Bonchev–Trinajstić information content (AvgIpc) is 2.64. The molecule has 0 fully saturated rings. The molecule has 0 saturated heterocycles. The second-order valence-electron chi connectivity index (χ2n) is 3.76. The van der Waals surface area contributed by atoms with Crippen molar-refractivity contribution in [2.24, 2.45) is 0 Å². The minimum atomic E-state index is 0.774. The highest BCUT2D eigenvalue weighted by Gasteiger charge is 2.10. The van der Waals surface area contributed by atoms with Crippen LogP contribution in [-0.2, 0) is 6.54 Å². The van der Waals surface area contributed by atoms with Gasteiger partial charge in [0.1, 0.15) is 0 Å². The van der Waals surface area contributed by atoms with Crippen molar-refractivity contribution < 1.29 is 0 Å². The first kappa shape index (κ1) is 11.8. The van der Waals surface area contributed by atoms with Gasteiger partial charge in [-0.15, -0.1) is 11.3 Å². The minimum Gasteiger partial charge on any atom is -0.307 e. The van der Waals surface area contributed by atoms with Crippen molar-refractivity contribution in [1.29, 1.82) is 0 Å². The van der Waals surface area contributed by atoms with Gasteiger partial charge in [-0.2, -0.15) is 0 Å². The summed E-state index contributed by atoms with van der Waals surface area (Å²) in [5.41, 5.74) is 2.33. The van der Waals surface area contributed by atoms with Crippen molar-refractivity contribution in [3.63, 3.8) is 0 Å². The van der Waals surface area contributed by atoms with Gasteiger partial charge in [-0.05, 0) is 13.8 Å². The third kappa shape index (κ3) is 2.36. The van der Waals surface area contributed by atoms with E-state index >= 15 is 0 Å². The van der Waals surface area contributed by atoms with E-state index in [4.69, 9.17) is 0 Å². The Morgan fingerprint density at radius 3 is 3.06 bits per heavy atom. The Hall–Kier alpha value is -0.650. The number of rotatable bonds is 4. The van der Waals surface area contributed by atoms with Gasteiger partial charge in [0.05, 0.1) is 11.4 Å². The monoisotopic (exact) mass is 299 g/mol. The summed E-state index contributed by atoms with van der Waals surface area (Å²) in [6.45, 7) is 9.54. The molecule has 86 valence electrons. The number of fused-ring (bicyclic) bond motifs is 1. The lowest BCUT2D eigenvalue weighted by Crippen LogP contribution is -2.16. The Balaban J connectivity index is 2.21. The SMILES string of the molecule is C=C(Br)CNCc1c(C)nc2sc(C)cn12. The number of imidazole rings is 1. The molecule has 5 heteroatoms. The number of hydrogen-bond donors (Lipinski definition) is 1. The third-order valence-electron chi connectivity index (χ3n) is 2.35. The number of nitrogens with one attached hydrogen (secondary N) is 1. The van der Waals surface area contributed by atoms with Crippen molar-refractivity contribution in [2.45, 2.75) is 20.4 Å². The molecule has 0 amide bonds. The normalized spacial score (nSPS) is 11.2. The minimum absolute atomic E-state index is 0.774. The predicted octanol–water partition coefficient (Wildman–Crippen LogP) is 3.01. The number of aromatic nitrogens is 2. The van der Waals surface area contributed by atoms with E-state index in [1.54, 1.807) is 11.3 Å². The fourth-order valence-electron chi connectivity index (χ4n) is 1.64. The Kier molecular flexibility index (Phi) is 3.47.